The van der Waals surface area contributed by atoms with E-state index in [0.29, 0.717) is 6.54 Å². The predicted molar refractivity (Wildman–Crippen MR) is 74.6 cm³/mol. The van der Waals surface area contributed by atoms with Gasteiger partial charge in [-0.05, 0) is 44.7 Å². The Bertz CT molecular complexity index is 354. The Hall–Kier alpha value is -0.170. The van der Waals surface area contributed by atoms with Crippen LogP contribution in [0.5, 0.6) is 0 Å². The quantitative estimate of drug-likeness (QED) is 0.681. The molecule has 0 spiro atoms. The lowest BCUT2D eigenvalue weighted by Crippen LogP contribution is -2.43. The number of hydrogen-bond donors (Lipinski definition) is 2. The molecule has 0 amide bonds. The zero-order valence-electron chi connectivity index (χ0n) is 12.0. The molecule has 1 saturated carbocycles. The molecule has 0 heterocycles. The van der Waals surface area contributed by atoms with E-state index in [2.05, 4.69) is 23.9 Å². The molecule has 0 aliphatic heterocycles. The van der Waals surface area contributed by atoms with Crippen molar-refractivity contribution in [2.45, 2.75) is 45.6 Å². The lowest BCUT2D eigenvalue weighted by atomic mass is 9.92. The molecule has 1 aliphatic carbocycles. The third-order valence-electron chi connectivity index (χ3n) is 3.59. The second kappa shape index (κ2) is 6.32. The lowest BCUT2D eigenvalue weighted by molar-refractivity contribution is 0.369. The van der Waals surface area contributed by atoms with Gasteiger partial charge in [-0.25, -0.2) is 0 Å². The maximum absolute atomic E-state index is 12.1. The van der Waals surface area contributed by atoms with Crippen molar-refractivity contribution in [1.82, 2.24) is 14.3 Å². The summed E-state index contributed by atoms with van der Waals surface area (Å²) in [5, 5.41) is 3.02. The van der Waals surface area contributed by atoms with Crippen LogP contribution in [-0.2, 0) is 10.2 Å². The van der Waals surface area contributed by atoms with Crippen LogP contribution in [0.15, 0.2) is 0 Å². The fraction of sp³-hybridized carbons (Fsp3) is 1.00. The zero-order valence-corrected chi connectivity index (χ0v) is 12.8. The van der Waals surface area contributed by atoms with Gasteiger partial charge < -0.3 is 5.32 Å². The molecular formula is C12H27N3O2S. The van der Waals surface area contributed by atoms with Crippen molar-refractivity contribution in [2.75, 3.05) is 27.2 Å². The minimum atomic E-state index is -3.32. The highest BCUT2D eigenvalue weighted by molar-refractivity contribution is 7.87. The van der Waals surface area contributed by atoms with Gasteiger partial charge in [-0.3, -0.25) is 0 Å². The normalized spacial score (nSPS) is 23.7. The third-order valence-corrected chi connectivity index (χ3v) is 5.23. The first-order chi connectivity index (χ1) is 8.27. The van der Waals surface area contributed by atoms with Crippen molar-refractivity contribution in [3.63, 3.8) is 0 Å². The van der Waals surface area contributed by atoms with Gasteiger partial charge in [0.2, 0.25) is 0 Å². The van der Waals surface area contributed by atoms with E-state index < -0.39 is 10.2 Å². The van der Waals surface area contributed by atoms with Crippen molar-refractivity contribution in [2.24, 2.45) is 5.41 Å². The summed E-state index contributed by atoms with van der Waals surface area (Å²) in [4.78, 5) is 0. The Kier molecular flexibility index (Phi) is 5.58. The molecule has 18 heavy (non-hydrogen) atoms. The second-order valence-electron chi connectivity index (χ2n) is 6.01. The van der Waals surface area contributed by atoms with Crippen LogP contribution in [0.3, 0.4) is 0 Å². The van der Waals surface area contributed by atoms with E-state index in [9.17, 15) is 8.42 Å². The summed E-state index contributed by atoms with van der Waals surface area (Å²) in [5.74, 6) is 0. The third kappa shape index (κ3) is 4.84. The van der Waals surface area contributed by atoms with E-state index >= 15 is 0 Å². The minimum Gasteiger partial charge on any atom is -0.320 e. The topological polar surface area (TPSA) is 61.4 Å². The molecule has 1 rings (SSSR count). The van der Waals surface area contributed by atoms with Gasteiger partial charge in [0.15, 0.2) is 0 Å². The van der Waals surface area contributed by atoms with Crippen LogP contribution in [0.2, 0.25) is 0 Å². The molecule has 1 unspecified atom stereocenters. The maximum Gasteiger partial charge on any atom is 0.279 e. The van der Waals surface area contributed by atoms with Gasteiger partial charge in [0, 0.05) is 19.6 Å². The van der Waals surface area contributed by atoms with Crippen molar-refractivity contribution >= 4 is 10.2 Å². The van der Waals surface area contributed by atoms with Gasteiger partial charge in [-0.2, -0.15) is 17.4 Å². The summed E-state index contributed by atoms with van der Waals surface area (Å²) >= 11 is 0. The summed E-state index contributed by atoms with van der Waals surface area (Å²) in [7, 11) is 0.187. The zero-order chi connectivity index (χ0) is 13.8. The van der Waals surface area contributed by atoms with E-state index in [1.54, 1.807) is 7.05 Å². The number of nitrogens with zero attached hydrogens (tertiary/aromatic N) is 1. The molecule has 0 aromatic heterocycles. The monoisotopic (exact) mass is 277 g/mol. The summed E-state index contributed by atoms with van der Waals surface area (Å²) in [6, 6.07) is 0.0942. The first kappa shape index (κ1) is 15.9. The highest BCUT2D eigenvalue weighted by atomic mass is 32.2. The molecule has 0 saturated heterocycles. The van der Waals surface area contributed by atoms with Crippen LogP contribution in [0, 0.1) is 5.41 Å². The van der Waals surface area contributed by atoms with Crippen molar-refractivity contribution in [3.8, 4) is 0 Å². The van der Waals surface area contributed by atoms with Crippen LogP contribution in [0.1, 0.15) is 39.5 Å². The molecule has 1 atom stereocenters. The van der Waals surface area contributed by atoms with Crippen molar-refractivity contribution in [3.05, 3.63) is 0 Å². The number of hydrogen-bond acceptors (Lipinski definition) is 3. The predicted octanol–water partition coefficient (Wildman–Crippen LogP) is 0.941. The number of nitrogens with one attached hydrogen (secondary N) is 2. The van der Waals surface area contributed by atoms with Gasteiger partial charge in [-0.15, -0.1) is 0 Å². The highest BCUT2D eigenvalue weighted by Gasteiger charge is 2.33. The van der Waals surface area contributed by atoms with Crippen LogP contribution < -0.4 is 10.0 Å². The Morgan fingerprint density at radius 3 is 2.56 bits per heavy atom. The van der Waals surface area contributed by atoms with Crippen LogP contribution >= 0.6 is 0 Å². The SMILES string of the molecule is CNCCCN(C)S(=O)(=O)NC1CCC(C)(C)C1. The van der Waals surface area contributed by atoms with Gasteiger partial charge in [0.25, 0.3) is 10.2 Å². The van der Waals surface area contributed by atoms with Gasteiger partial charge >= 0.3 is 0 Å². The van der Waals surface area contributed by atoms with Crippen molar-refractivity contribution in [1.29, 1.82) is 0 Å². The van der Waals surface area contributed by atoms with Gasteiger partial charge in [-0.1, -0.05) is 13.8 Å². The largest absolute Gasteiger partial charge is 0.320 e. The second-order valence-corrected chi connectivity index (χ2v) is 7.81. The molecule has 2 N–H and O–H groups in total. The van der Waals surface area contributed by atoms with E-state index in [-0.39, 0.29) is 11.5 Å². The highest BCUT2D eigenvalue weighted by Crippen LogP contribution is 2.37. The smallest absolute Gasteiger partial charge is 0.279 e. The minimum absolute atomic E-state index is 0.0942. The Morgan fingerprint density at radius 1 is 1.39 bits per heavy atom. The molecule has 1 fully saturated rings. The summed E-state index contributed by atoms with van der Waals surface area (Å²) in [6.45, 7) is 5.76. The average molecular weight is 277 g/mol. The fourth-order valence-corrected chi connectivity index (χ4v) is 3.61. The summed E-state index contributed by atoms with van der Waals surface area (Å²) in [6.07, 6.45) is 3.78. The van der Waals surface area contributed by atoms with E-state index in [1.807, 2.05) is 7.05 Å². The molecule has 6 heteroatoms. The van der Waals surface area contributed by atoms with E-state index in [1.165, 1.54) is 4.31 Å². The molecule has 1 aliphatic rings. The van der Waals surface area contributed by atoms with E-state index in [0.717, 1.165) is 32.2 Å². The van der Waals surface area contributed by atoms with E-state index in [4.69, 9.17) is 0 Å². The van der Waals surface area contributed by atoms with Crippen molar-refractivity contribution < 1.29 is 8.42 Å². The molecule has 0 bridgehead atoms. The average Bonchev–Trinajstić information content (AvgIpc) is 2.57. The van der Waals surface area contributed by atoms with Crippen LogP contribution in [0.4, 0.5) is 0 Å². The Morgan fingerprint density at radius 2 is 2.06 bits per heavy atom. The van der Waals surface area contributed by atoms with Crippen LogP contribution in [0.25, 0.3) is 0 Å². The fourth-order valence-electron chi connectivity index (χ4n) is 2.44. The Balaban J connectivity index is 2.44. The standard InChI is InChI=1S/C12H27N3O2S/c1-12(2)7-6-11(10-12)14-18(16,17)15(4)9-5-8-13-3/h11,13-14H,5-10H2,1-4H3. The first-order valence-electron chi connectivity index (χ1n) is 6.65. The summed E-state index contributed by atoms with van der Waals surface area (Å²) < 4.78 is 28.4. The maximum atomic E-state index is 12.1. The Labute approximate surface area is 112 Å². The molecular weight excluding hydrogens is 250 g/mol. The molecule has 0 radical (unpaired) electrons. The molecule has 0 aromatic rings. The van der Waals surface area contributed by atoms with Gasteiger partial charge in [0.05, 0.1) is 0 Å². The molecule has 0 aromatic carbocycles. The summed E-state index contributed by atoms with van der Waals surface area (Å²) in [5.41, 5.74) is 0.262. The lowest BCUT2D eigenvalue weighted by Gasteiger charge is -2.22. The van der Waals surface area contributed by atoms with Crippen LogP contribution in [-0.4, -0.2) is 45.9 Å². The van der Waals surface area contributed by atoms with Gasteiger partial charge in [0.1, 0.15) is 0 Å². The number of rotatable bonds is 7. The molecule has 5 nitrogen and oxygen atoms in total. The first-order valence-corrected chi connectivity index (χ1v) is 8.09. The molecule has 108 valence electrons.